The van der Waals surface area contributed by atoms with Crippen molar-refractivity contribution < 1.29 is 0 Å². The lowest BCUT2D eigenvalue weighted by Gasteiger charge is -2.34. The van der Waals surface area contributed by atoms with Crippen LogP contribution in [0.3, 0.4) is 0 Å². The molecule has 13 aromatic carbocycles. The number of rotatable bonds is 11. The highest BCUT2D eigenvalue weighted by atomic mass is 28.3. The van der Waals surface area contributed by atoms with E-state index in [0.717, 1.165) is 17.1 Å². The van der Waals surface area contributed by atoms with Crippen molar-refractivity contribution in [2.45, 2.75) is 0 Å². The third-order valence-electron chi connectivity index (χ3n) is 17.7. The van der Waals surface area contributed by atoms with Crippen LogP contribution in [0.15, 0.2) is 334 Å². The van der Waals surface area contributed by atoms with E-state index in [2.05, 4.69) is 347 Å². The Morgan fingerprint density at radius 3 is 1.00 bits per heavy atom. The number of nitrogens with zero attached hydrogens (tertiary/aromatic N) is 3. The summed E-state index contributed by atoms with van der Waals surface area (Å²) in [5, 5.41) is 18.2. The molecule has 16 aromatic rings. The Kier molecular flexibility index (Phi) is 11.6. The first-order chi connectivity index (χ1) is 41.2. The average molecular weight is 1090 g/mol. The number of para-hydroxylation sites is 4. The number of hydrogen-bond donors (Lipinski definition) is 0. The van der Waals surface area contributed by atoms with Crippen LogP contribution in [-0.4, -0.2) is 29.8 Å². The van der Waals surface area contributed by atoms with Crippen molar-refractivity contribution >= 4 is 123 Å². The van der Waals surface area contributed by atoms with Gasteiger partial charge in [0.1, 0.15) is 0 Å². The highest BCUT2D eigenvalue weighted by Crippen LogP contribution is 2.41. The van der Waals surface area contributed by atoms with Crippen LogP contribution in [0.5, 0.6) is 0 Å². The van der Waals surface area contributed by atoms with Crippen molar-refractivity contribution in [1.82, 2.24) is 13.7 Å². The Bertz CT molecular complexity index is 4880. The zero-order valence-electron chi connectivity index (χ0n) is 45.6. The van der Waals surface area contributed by atoms with Crippen LogP contribution in [0.1, 0.15) is 0 Å². The van der Waals surface area contributed by atoms with Crippen LogP contribution in [0, 0.1) is 0 Å². The summed E-state index contributed by atoms with van der Waals surface area (Å²) in [5.41, 5.74) is 10.4. The molecule has 3 nitrogen and oxygen atoms in total. The van der Waals surface area contributed by atoms with Crippen LogP contribution in [0.2, 0.25) is 0 Å². The molecule has 5 heteroatoms. The standard InChI is InChI=1S/C78H55N3Si2/c1-7-28-58(29-8-1)82(59-30-9-2-10-31-59,60-32-11-3-12-33-60)64-40-25-27-56(53-64)79-72-45-22-20-42-67(72)70-54-57(49-51-75(70)79)80-73-46-23-19-41-66(73)69-44-26-48-77(78(69)80)81-74-47-24-21-43-68(74)71-55-65(50-52-76(71)81)83(61-34-13-4-14-35-61,62-36-15-5-16-37-62)63-38-17-6-18-39-63/h1-55H. The molecule has 0 aliphatic carbocycles. The summed E-state index contributed by atoms with van der Waals surface area (Å²) >= 11 is 0. The zero-order valence-corrected chi connectivity index (χ0v) is 47.6. The predicted molar refractivity (Wildman–Crippen MR) is 357 cm³/mol. The maximum absolute atomic E-state index is 2.82. The van der Waals surface area contributed by atoms with Crippen molar-refractivity contribution in [3.63, 3.8) is 0 Å². The molecule has 0 fully saturated rings. The molecule has 0 saturated heterocycles. The molecule has 0 aliphatic rings. The molecule has 0 atom stereocenters. The third kappa shape index (κ3) is 7.42. The van der Waals surface area contributed by atoms with Crippen molar-refractivity contribution in [1.29, 1.82) is 0 Å². The van der Waals surface area contributed by atoms with Gasteiger partial charge in [0.05, 0.1) is 38.8 Å². The second-order valence-corrected chi connectivity index (χ2v) is 29.5. The van der Waals surface area contributed by atoms with E-state index in [9.17, 15) is 0 Å². The Hall–Kier alpha value is -10.3. The molecule has 83 heavy (non-hydrogen) atoms. The summed E-state index contributed by atoms with van der Waals surface area (Å²) in [6, 6.07) is 125. The summed E-state index contributed by atoms with van der Waals surface area (Å²) in [4.78, 5) is 0. The van der Waals surface area contributed by atoms with Gasteiger partial charge in [0.15, 0.2) is 16.1 Å². The Morgan fingerprint density at radius 2 is 0.506 bits per heavy atom. The van der Waals surface area contributed by atoms with Gasteiger partial charge in [0.25, 0.3) is 0 Å². The first-order valence-corrected chi connectivity index (χ1v) is 32.8. The van der Waals surface area contributed by atoms with Gasteiger partial charge >= 0.3 is 0 Å². The summed E-state index contributed by atoms with van der Waals surface area (Å²) < 4.78 is 7.55. The number of aromatic nitrogens is 3. The Morgan fingerprint density at radius 1 is 0.181 bits per heavy atom. The molecule has 16 rings (SSSR count). The minimum absolute atomic E-state index is 1.11. The van der Waals surface area contributed by atoms with E-state index in [0.29, 0.717) is 0 Å². The Balaban J connectivity index is 0.912. The molecule has 0 saturated carbocycles. The van der Waals surface area contributed by atoms with Crippen molar-refractivity contribution in [3.8, 4) is 17.1 Å². The van der Waals surface area contributed by atoms with E-state index < -0.39 is 16.1 Å². The molecule has 0 aliphatic heterocycles. The second kappa shape index (κ2) is 19.7. The molecule has 0 unspecified atom stereocenters. The first-order valence-electron chi connectivity index (χ1n) is 28.8. The predicted octanol–water partition coefficient (Wildman–Crippen LogP) is 13.7. The molecule has 3 aromatic heterocycles. The smallest absolute Gasteiger partial charge is 0.179 e. The molecule has 3 heterocycles. The fourth-order valence-corrected chi connectivity index (χ4v) is 23.9. The van der Waals surface area contributed by atoms with E-state index in [1.54, 1.807) is 0 Å². The van der Waals surface area contributed by atoms with Crippen LogP contribution in [0.25, 0.3) is 82.5 Å². The molecule has 0 bridgehead atoms. The van der Waals surface area contributed by atoms with Crippen molar-refractivity contribution in [2.75, 3.05) is 0 Å². The molecule has 0 N–H and O–H groups in total. The molecular formula is C78H55N3Si2. The quantitative estimate of drug-likeness (QED) is 0.0906. The largest absolute Gasteiger partial charge is 0.309 e. The lowest BCUT2D eigenvalue weighted by Crippen LogP contribution is -2.74. The van der Waals surface area contributed by atoms with Crippen molar-refractivity contribution in [2.24, 2.45) is 0 Å². The van der Waals surface area contributed by atoms with Crippen LogP contribution in [0.4, 0.5) is 0 Å². The third-order valence-corrected chi connectivity index (χ3v) is 27.3. The number of fused-ring (bicyclic) bond motifs is 9. The highest BCUT2D eigenvalue weighted by molar-refractivity contribution is 7.20. The van der Waals surface area contributed by atoms with Crippen molar-refractivity contribution in [3.05, 3.63) is 334 Å². The van der Waals surface area contributed by atoms with Gasteiger partial charge in [0, 0.05) is 43.7 Å². The topological polar surface area (TPSA) is 14.8 Å². The molecule has 0 amide bonds. The van der Waals surface area contributed by atoms with Gasteiger partial charge in [-0.2, -0.15) is 0 Å². The van der Waals surface area contributed by atoms with Gasteiger partial charge < -0.3 is 13.7 Å². The van der Waals surface area contributed by atoms with Gasteiger partial charge in [-0.05, 0) is 102 Å². The lowest BCUT2D eigenvalue weighted by atomic mass is 10.1. The summed E-state index contributed by atoms with van der Waals surface area (Å²) in [6.07, 6.45) is 0. The summed E-state index contributed by atoms with van der Waals surface area (Å²) in [7, 11) is -5.63. The molecule has 0 radical (unpaired) electrons. The van der Waals surface area contributed by atoms with E-state index in [1.165, 1.54) is 107 Å². The van der Waals surface area contributed by atoms with Crippen LogP contribution in [-0.2, 0) is 0 Å². The van der Waals surface area contributed by atoms with Gasteiger partial charge in [-0.25, -0.2) is 0 Å². The molecule has 390 valence electrons. The fraction of sp³-hybridized carbons (Fsp3) is 0. The maximum Gasteiger partial charge on any atom is 0.179 e. The SMILES string of the molecule is c1ccc([Si](c2ccccc2)(c2ccccc2)c2cccc(-n3c4ccccc4c4cc(-n5c6ccccc6c6cccc(-n7c8ccccc8c8cc([Si](c9ccccc9)(c9ccccc9)c9ccccc9)ccc87)c65)ccc43)c2)cc1. The highest BCUT2D eigenvalue weighted by Gasteiger charge is 2.43. The van der Waals surface area contributed by atoms with Crippen LogP contribution >= 0.6 is 0 Å². The monoisotopic (exact) mass is 1090 g/mol. The van der Waals surface area contributed by atoms with Crippen LogP contribution < -0.4 is 41.5 Å². The van der Waals surface area contributed by atoms with E-state index in [-0.39, 0.29) is 0 Å². The van der Waals surface area contributed by atoms with Gasteiger partial charge in [-0.15, -0.1) is 0 Å². The maximum atomic E-state index is 2.54. The molecule has 0 spiro atoms. The number of benzene rings is 13. The Labute approximate surface area is 484 Å². The zero-order chi connectivity index (χ0) is 54.9. The summed E-state index contributed by atoms with van der Waals surface area (Å²) in [5.74, 6) is 0. The minimum atomic E-state index is -2.82. The second-order valence-electron chi connectivity index (χ2n) is 21.9. The van der Waals surface area contributed by atoms with E-state index >= 15 is 0 Å². The first kappa shape index (κ1) is 48.6. The molecular weight excluding hydrogens is 1040 g/mol. The normalized spacial score (nSPS) is 12.1. The minimum Gasteiger partial charge on any atom is -0.309 e. The fourth-order valence-electron chi connectivity index (χ4n) is 14.3. The number of hydrogen-bond acceptors (Lipinski definition) is 0. The van der Waals surface area contributed by atoms with E-state index in [1.807, 2.05) is 0 Å². The lowest BCUT2D eigenvalue weighted by molar-refractivity contribution is 1.13. The van der Waals surface area contributed by atoms with Gasteiger partial charge in [-0.1, -0.05) is 273 Å². The van der Waals surface area contributed by atoms with E-state index in [4.69, 9.17) is 0 Å². The average Bonchev–Trinajstić information content (AvgIpc) is 2.07. The van der Waals surface area contributed by atoms with Gasteiger partial charge in [-0.3, -0.25) is 0 Å². The van der Waals surface area contributed by atoms with Gasteiger partial charge in [0.2, 0.25) is 0 Å². The summed E-state index contributed by atoms with van der Waals surface area (Å²) in [6.45, 7) is 0.